The first-order chi connectivity index (χ1) is 17.5. The van der Waals surface area contributed by atoms with E-state index in [0.717, 1.165) is 42.5 Å². The molecule has 2 aliphatic rings. The number of aromatic amines is 1. The zero-order valence-corrected chi connectivity index (χ0v) is 24.4. The summed E-state index contributed by atoms with van der Waals surface area (Å²) in [5.74, 6) is 3.23. The molecule has 1 aliphatic carbocycles. The third-order valence-corrected chi connectivity index (χ3v) is 13.9. The standard InChI is InChI=1S/C32H43IN2O/c1-23-14-15-26(21-28(23)32-34-29-12-3-4-13-30(29)35-32)20-25-8-5-11-27(17-16-25)31(36)22-24-9-6-18-33(2)19-7-10-24/h3-4,12-15,21,24-25,27H,5-11,16-20,22H2,1-2H3,(H,34,35). The molecule has 36 heavy (non-hydrogen) atoms. The van der Waals surface area contributed by atoms with E-state index in [1.807, 2.05) is 6.07 Å². The molecule has 2 atom stereocenters. The number of rotatable bonds is 6. The van der Waals surface area contributed by atoms with E-state index in [0.29, 0.717) is 23.5 Å². The van der Waals surface area contributed by atoms with Gasteiger partial charge in [-0.2, -0.15) is 0 Å². The van der Waals surface area contributed by atoms with Gasteiger partial charge in [-0.1, -0.05) is 24.3 Å². The van der Waals surface area contributed by atoms with Crippen molar-refractivity contribution in [1.82, 2.24) is 9.97 Å². The Bertz CT molecular complexity index is 1120. The molecule has 1 N–H and O–H groups in total. The molecular formula is C32H43IN2O. The average Bonchev–Trinajstić information content (AvgIpc) is 3.15. The zero-order chi connectivity index (χ0) is 24.9. The second-order valence-electron chi connectivity index (χ2n) is 11.4. The molecule has 1 aromatic heterocycles. The molecule has 1 aliphatic heterocycles. The van der Waals surface area contributed by atoms with Crippen LogP contribution in [-0.2, 0) is 11.2 Å². The topological polar surface area (TPSA) is 45.8 Å². The normalized spacial score (nSPS) is 23.2. The van der Waals surface area contributed by atoms with Crippen molar-refractivity contribution in [2.45, 2.75) is 77.6 Å². The summed E-state index contributed by atoms with van der Waals surface area (Å²) < 4.78 is 3.02. The van der Waals surface area contributed by atoms with Gasteiger partial charge >= 0.3 is 138 Å². The van der Waals surface area contributed by atoms with Crippen molar-refractivity contribution in [3.63, 3.8) is 0 Å². The van der Waals surface area contributed by atoms with Crippen molar-refractivity contribution < 1.29 is 4.79 Å². The zero-order valence-electron chi connectivity index (χ0n) is 22.2. The summed E-state index contributed by atoms with van der Waals surface area (Å²) in [5, 5.41) is 0. The van der Waals surface area contributed by atoms with Gasteiger partial charge in [0, 0.05) is 5.56 Å². The fraction of sp³-hybridized carbons (Fsp3) is 0.562. The number of nitrogens with one attached hydrogen (secondary N) is 1. The van der Waals surface area contributed by atoms with Crippen molar-refractivity contribution in [2.75, 3.05) is 13.8 Å². The summed E-state index contributed by atoms with van der Waals surface area (Å²) in [4.78, 5) is 24.2. The predicted octanol–water partition coefficient (Wildman–Crippen LogP) is 8.56. The third kappa shape index (κ3) is 6.59. The van der Waals surface area contributed by atoms with E-state index in [1.54, 1.807) is 0 Å². The second-order valence-corrected chi connectivity index (χ2v) is 17.7. The summed E-state index contributed by atoms with van der Waals surface area (Å²) in [7, 11) is 0. The van der Waals surface area contributed by atoms with E-state index < -0.39 is 19.8 Å². The van der Waals surface area contributed by atoms with Crippen LogP contribution in [0, 0.1) is 24.7 Å². The van der Waals surface area contributed by atoms with E-state index >= 15 is 0 Å². The number of imidazole rings is 1. The summed E-state index contributed by atoms with van der Waals surface area (Å²) in [6, 6.07) is 15.1. The molecule has 2 unspecified atom stereocenters. The Kier molecular flexibility index (Phi) is 8.82. The number of ketones is 1. The summed E-state index contributed by atoms with van der Waals surface area (Å²) in [5.41, 5.74) is 5.98. The van der Waals surface area contributed by atoms with Crippen LogP contribution in [0.2, 0.25) is 0 Å². The Morgan fingerprint density at radius 1 is 0.944 bits per heavy atom. The molecule has 1 saturated heterocycles. The summed E-state index contributed by atoms with van der Waals surface area (Å²) >= 11 is -0.591. The minimum atomic E-state index is -0.591. The van der Waals surface area contributed by atoms with Gasteiger partial charge in [0.15, 0.2) is 0 Å². The number of H-pyrrole nitrogens is 1. The minimum Gasteiger partial charge on any atom is -0.338 e. The minimum absolute atomic E-state index is 0.319. The first-order valence-corrected chi connectivity index (χ1v) is 19.3. The maximum absolute atomic E-state index is 13.3. The summed E-state index contributed by atoms with van der Waals surface area (Å²) in [6.45, 7) is 2.17. The molecule has 3 aromatic rings. The molecule has 2 fully saturated rings. The van der Waals surface area contributed by atoms with Crippen LogP contribution in [0.15, 0.2) is 42.5 Å². The Morgan fingerprint density at radius 3 is 2.53 bits per heavy atom. The van der Waals surface area contributed by atoms with Crippen molar-refractivity contribution in [3.05, 3.63) is 53.6 Å². The van der Waals surface area contributed by atoms with Gasteiger partial charge in [0.1, 0.15) is 5.82 Å². The molecule has 5 rings (SSSR count). The SMILES string of the molecule is Cc1ccc(CC2CCCC(C(=O)CC3CCCI(C)CCC3)CC2)cc1-c1nc2ccccc2[nH]1. The largest absolute Gasteiger partial charge is 0.338 e. The molecule has 3 nitrogen and oxygen atoms in total. The first-order valence-electron chi connectivity index (χ1n) is 14.1. The van der Waals surface area contributed by atoms with Crippen molar-refractivity contribution in [3.8, 4) is 11.4 Å². The van der Waals surface area contributed by atoms with E-state index in [2.05, 4.69) is 53.2 Å². The number of hydrogen-bond donors (Lipinski definition) is 1. The molecule has 0 radical (unpaired) electrons. The maximum atomic E-state index is 13.3. The van der Waals surface area contributed by atoms with Gasteiger partial charge in [-0.05, 0) is 30.7 Å². The van der Waals surface area contributed by atoms with Crippen LogP contribution in [0.5, 0.6) is 0 Å². The van der Waals surface area contributed by atoms with Gasteiger partial charge in [-0.15, -0.1) is 0 Å². The maximum Gasteiger partial charge on any atom is 0.138 e. The predicted molar refractivity (Wildman–Crippen MR) is 161 cm³/mol. The van der Waals surface area contributed by atoms with Crippen LogP contribution in [0.4, 0.5) is 0 Å². The average molecular weight is 599 g/mol. The van der Waals surface area contributed by atoms with Crippen LogP contribution < -0.4 is 0 Å². The van der Waals surface area contributed by atoms with Crippen molar-refractivity contribution >= 4 is 36.6 Å². The molecular weight excluding hydrogens is 555 g/mol. The summed E-state index contributed by atoms with van der Waals surface area (Å²) in [6.07, 6.45) is 13.2. The van der Waals surface area contributed by atoms with Crippen LogP contribution >= 0.6 is 19.8 Å². The first kappa shape index (κ1) is 25.9. The van der Waals surface area contributed by atoms with Crippen molar-refractivity contribution in [1.29, 1.82) is 0 Å². The molecule has 2 heterocycles. The van der Waals surface area contributed by atoms with Gasteiger partial charge in [0.2, 0.25) is 0 Å². The van der Waals surface area contributed by atoms with Gasteiger partial charge in [-0.3, -0.25) is 0 Å². The molecule has 0 amide bonds. The Labute approximate surface area is 224 Å². The quantitative estimate of drug-likeness (QED) is 0.176. The molecule has 1 saturated carbocycles. The fourth-order valence-electron chi connectivity index (χ4n) is 6.45. The van der Waals surface area contributed by atoms with E-state index in [-0.39, 0.29) is 0 Å². The Balaban J connectivity index is 1.18. The number of aromatic nitrogens is 2. The number of aryl methyl sites for hydroxylation is 1. The van der Waals surface area contributed by atoms with Gasteiger partial charge in [0.25, 0.3) is 0 Å². The van der Waals surface area contributed by atoms with E-state index in [1.165, 1.54) is 70.5 Å². The van der Waals surface area contributed by atoms with Crippen LogP contribution in [0.25, 0.3) is 22.4 Å². The number of alkyl halides is 3. The number of hydrogen-bond acceptors (Lipinski definition) is 2. The number of carbonyl (C=O) groups is 1. The number of para-hydroxylation sites is 2. The van der Waals surface area contributed by atoms with Crippen molar-refractivity contribution in [2.24, 2.45) is 17.8 Å². The Hall–Kier alpha value is -1.69. The van der Waals surface area contributed by atoms with Crippen LogP contribution in [-0.4, -0.2) is 29.5 Å². The molecule has 2 aromatic carbocycles. The number of halogens is 1. The van der Waals surface area contributed by atoms with Crippen LogP contribution in [0.3, 0.4) is 0 Å². The monoisotopic (exact) mass is 598 g/mol. The number of benzene rings is 2. The molecule has 194 valence electrons. The molecule has 0 bridgehead atoms. The number of Topliss-reactive ketones (excluding diaryl/α,β-unsaturated/α-hetero) is 1. The smallest absolute Gasteiger partial charge is 0.138 e. The number of nitrogens with zero attached hydrogens (tertiary/aromatic N) is 1. The molecule has 4 heteroatoms. The van der Waals surface area contributed by atoms with E-state index in [9.17, 15) is 4.79 Å². The third-order valence-electron chi connectivity index (χ3n) is 8.64. The fourth-order valence-corrected chi connectivity index (χ4v) is 10.5. The van der Waals surface area contributed by atoms with Gasteiger partial charge < -0.3 is 4.98 Å². The number of fused-ring (bicyclic) bond motifs is 1. The number of carbonyl (C=O) groups excluding carboxylic acids is 1. The van der Waals surface area contributed by atoms with Gasteiger partial charge in [-0.25, -0.2) is 4.98 Å². The van der Waals surface area contributed by atoms with E-state index in [4.69, 9.17) is 4.98 Å². The second kappa shape index (κ2) is 12.2. The molecule has 0 spiro atoms. The van der Waals surface area contributed by atoms with Gasteiger partial charge in [0.05, 0.1) is 11.0 Å². The Morgan fingerprint density at radius 2 is 1.72 bits per heavy atom. The van der Waals surface area contributed by atoms with Crippen LogP contribution in [0.1, 0.15) is 75.3 Å².